The van der Waals surface area contributed by atoms with Crippen LogP contribution in [0.25, 0.3) is 0 Å². The summed E-state index contributed by atoms with van der Waals surface area (Å²) in [7, 11) is -3.28. The minimum Gasteiger partial charge on any atom is -0.301 e. The van der Waals surface area contributed by atoms with Crippen LogP contribution in [0.5, 0.6) is 0 Å². The van der Waals surface area contributed by atoms with E-state index in [2.05, 4.69) is 4.72 Å². The molecular weight excluding hydrogens is 200 g/mol. The van der Waals surface area contributed by atoms with E-state index in [1.165, 1.54) is 12.1 Å². The van der Waals surface area contributed by atoms with E-state index in [0.717, 1.165) is 0 Å². The Morgan fingerprint density at radius 2 is 1.71 bits per heavy atom. The van der Waals surface area contributed by atoms with E-state index >= 15 is 0 Å². The Balaban J connectivity index is 2.85. The van der Waals surface area contributed by atoms with Crippen LogP contribution in [0.3, 0.4) is 0 Å². The van der Waals surface area contributed by atoms with Gasteiger partial charge in [-0.15, -0.1) is 0 Å². The summed E-state index contributed by atoms with van der Waals surface area (Å²) >= 11 is 0. The molecule has 2 N–H and O–H groups in total. The fraction of sp³-hybridized carbons (Fsp3) is 0.333. The second-order valence-electron chi connectivity index (χ2n) is 3.27. The normalized spacial score (nSPS) is 11.6. The molecule has 1 aromatic carbocycles. The Labute approximate surface area is 84.2 Å². The number of nitrogens with one attached hydrogen (secondary N) is 2. The predicted octanol–water partition coefficient (Wildman–Crippen LogP) is 1.75. The lowest BCUT2D eigenvalue weighted by molar-refractivity contribution is 0.593. The molecule has 1 radical (unpaired) electrons. The van der Waals surface area contributed by atoms with Gasteiger partial charge in [-0.1, -0.05) is 0 Å². The number of rotatable bonds is 3. The van der Waals surface area contributed by atoms with Crippen LogP contribution in [0.1, 0.15) is 13.8 Å². The summed E-state index contributed by atoms with van der Waals surface area (Å²) in [5, 5.41) is -0.460. The Bertz CT molecular complexity index is 395. The zero-order valence-corrected chi connectivity index (χ0v) is 8.93. The number of hydrogen-bond acceptors (Lipinski definition) is 2. The van der Waals surface area contributed by atoms with Gasteiger partial charge < -0.3 is 5.73 Å². The highest BCUT2D eigenvalue weighted by molar-refractivity contribution is 7.93. The van der Waals surface area contributed by atoms with Crippen LogP contribution in [-0.2, 0) is 10.0 Å². The molecule has 0 atom stereocenters. The Morgan fingerprint density at radius 3 is 2.14 bits per heavy atom. The van der Waals surface area contributed by atoms with Crippen molar-refractivity contribution < 1.29 is 8.42 Å². The van der Waals surface area contributed by atoms with Crippen molar-refractivity contribution in [3.8, 4) is 0 Å². The van der Waals surface area contributed by atoms with Crippen LogP contribution in [0.4, 0.5) is 11.4 Å². The highest BCUT2D eigenvalue weighted by atomic mass is 32.2. The highest BCUT2D eigenvalue weighted by Gasteiger charge is 2.14. The smallest absolute Gasteiger partial charge is 0.235 e. The standard InChI is InChI=1S/C9H13N2O2S/c1-7(2)14(12,13)11-9-5-3-8(10)4-6-9/h3-7,10-11H,1-2H3. The summed E-state index contributed by atoms with van der Waals surface area (Å²) < 4.78 is 25.3. The third kappa shape index (κ3) is 2.63. The van der Waals surface area contributed by atoms with Crippen LogP contribution in [-0.4, -0.2) is 13.7 Å². The molecular formula is C9H13N2O2S. The SMILES string of the molecule is CC(C)S(=O)(=O)Nc1ccc([NH])cc1. The lowest BCUT2D eigenvalue weighted by Crippen LogP contribution is -2.22. The van der Waals surface area contributed by atoms with Gasteiger partial charge in [0.25, 0.3) is 0 Å². The summed E-state index contributed by atoms with van der Waals surface area (Å²) in [6, 6.07) is 6.22. The van der Waals surface area contributed by atoms with E-state index in [-0.39, 0.29) is 0 Å². The highest BCUT2D eigenvalue weighted by Crippen LogP contribution is 2.14. The van der Waals surface area contributed by atoms with E-state index in [9.17, 15) is 8.42 Å². The molecule has 0 bridgehead atoms. The molecule has 14 heavy (non-hydrogen) atoms. The fourth-order valence-electron chi connectivity index (χ4n) is 0.820. The third-order valence-electron chi connectivity index (χ3n) is 1.77. The minimum atomic E-state index is -3.28. The monoisotopic (exact) mass is 213 g/mol. The molecule has 0 spiro atoms. The first-order valence-electron chi connectivity index (χ1n) is 4.25. The van der Waals surface area contributed by atoms with Crippen molar-refractivity contribution in [1.82, 2.24) is 5.73 Å². The van der Waals surface area contributed by atoms with E-state index < -0.39 is 15.3 Å². The molecule has 4 nitrogen and oxygen atoms in total. The summed E-state index contributed by atoms with van der Waals surface area (Å²) in [5.74, 6) is 0. The van der Waals surface area contributed by atoms with Gasteiger partial charge in [0.1, 0.15) is 0 Å². The van der Waals surface area contributed by atoms with Gasteiger partial charge in [0.15, 0.2) is 0 Å². The number of anilines is 1. The molecule has 77 valence electrons. The maximum Gasteiger partial charge on any atom is 0.235 e. The van der Waals surface area contributed by atoms with Crippen molar-refractivity contribution in [2.45, 2.75) is 19.1 Å². The van der Waals surface area contributed by atoms with Crippen LogP contribution in [0.2, 0.25) is 0 Å². The van der Waals surface area contributed by atoms with Crippen molar-refractivity contribution in [2.75, 3.05) is 4.72 Å². The summed E-state index contributed by atoms with van der Waals surface area (Å²) in [5.41, 5.74) is 8.08. The fourth-order valence-corrected chi connectivity index (χ4v) is 1.52. The molecule has 1 aromatic rings. The molecule has 0 heterocycles. The van der Waals surface area contributed by atoms with Crippen molar-refractivity contribution in [1.29, 1.82) is 0 Å². The van der Waals surface area contributed by atoms with Crippen LogP contribution < -0.4 is 10.5 Å². The Morgan fingerprint density at radius 1 is 1.21 bits per heavy atom. The lowest BCUT2D eigenvalue weighted by Gasteiger charge is -2.10. The molecule has 0 amide bonds. The molecule has 0 aliphatic heterocycles. The predicted molar refractivity (Wildman–Crippen MR) is 56.9 cm³/mol. The number of sulfonamides is 1. The topological polar surface area (TPSA) is 70.0 Å². The van der Waals surface area contributed by atoms with Gasteiger partial charge in [-0.2, -0.15) is 0 Å². The van der Waals surface area contributed by atoms with E-state index in [1.807, 2.05) is 0 Å². The van der Waals surface area contributed by atoms with E-state index in [0.29, 0.717) is 11.4 Å². The average Bonchev–Trinajstić information content (AvgIpc) is 2.08. The zero-order chi connectivity index (χ0) is 10.8. The molecule has 0 saturated heterocycles. The molecule has 0 saturated carbocycles. The van der Waals surface area contributed by atoms with E-state index in [1.54, 1.807) is 26.0 Å². The second kappa shape index (κ2) is 3.88. The van der Waals surface area contributed by atoms with Crippen LogP contribution >= 0.6 is 0 Å². The van der Waals surface area contributed by atoms with Gasteiger partial charge in [0.05, 0.1) is 10.9 Å². The van der Waals surface area contributed by atoms with Gasteiger partial charge in [-0.3, -0.25) is 4.72 Å². The quantitative estimate of drug-likeness (QED) is 0.831. The summed E-state index contributed by atoms with van der Waals surface area (Å²) in [6.45, 7) is 3.22. The molecule has 5 heteroatoms. The molecule has 0 aliphatic carbocycles. The van der Waals surface area contributed by atoms with Gasteiger partial charge in [-0.05, 0) is 38.1 Å². The number of benzene rings is 1. The van der Waals surface area contributed by atoms with Crippen molar-refractivity contribution in [3.63, 3.8) is 0 Å². The number of hydrogen-bond donors (Lipinski definition) is 1. The van der Waals surface area contributed by atoms with Gasteiger partial charge >= 0.3 is 0 Å². The summed E-state index contributed by atoms with van der Waals surface area (Å²) in [4.78, 5) is 0. The zero-order valence-electron chi connectivity index (χ0n) is 8.11. The molecule has 0 aromatic heterocycles. The van der Waals surface area contributed by atoms with Gasteiger partial charge in [0, 0.05) is 5.69 Å². The van der Waals surface area contributed by atoms with Gasteiger partial charge in [0.2, 0.25) is 10.0 Å². The Kier molecular flexibility index (Phi) is 3.00. The maximum absolute atomic E-state index is 11.4. The Hall–Kier alpha value is -1.23. The lowest BCUT2D eigenvalue weighted by atomic mass is 10.3. The van der Waals surface area contributed by atoms with Crippen LogP contribution in [0.15, 0.2) is 24.3 Å². The minimum absolute atomic E-state index is 0.359. The van der Waals surface area contributed by atoms with Gasteiger partial charge in [-0.25, -0.2) is 8.42 Å². The average molecular weight is 213 g/mol. The summed E-state index contributed by atoms with van der Waals surface area (Å²) in [6.07, 6.45) is 0. The second-order valence-corrected chi connectivity index (χ2v) is 5.51. The van der Waals surface area contributed by atoms with E-state index in [4.69, 9.17) is 5.73 Å². The first-order chi connectivity index (χ1) is 6.42. The molecule has 0 fully saturated rings. The first-order valence-corrected chi connectivity index (χ1v) is 5.80. The molecule has 1 rings (SSSR count). The van der Waals surface area contributed by atoms with Crippen molar-refractivity contribution >= 4 is 21.4 Å². The molecule has 0 unspecified atom stereocenters. The van der Waals surface area contributed by atoms with Crippen molar-refractivity contribution in [2.24, 2.45) is 0 Å². The molecule has 0 aliphatic rings. The first kappa shape index (κ1) is 10.8. The third-order valence-corrected chi connectivity index (χ3v) is 3.53. The van der Waals surface area contributed by atoms with Crippen LogP contribution in [0, 0.1) is 0 Å². The van der Waals surface area contributed by atoms with Crippen molar-refractivity contribution in [3.05, 3.63) is 24.3 Å². The largest absolute Gasteiger partial charge is 0.301 e. The maximum atomic E-state index is 11.4.